The van der Waals surface area contributed by atoms with E-state index < -0.39 is 36.1 Å². The molecule has 0 aromatic rings. The number of hydrogen-bond donors (Lipinski definition) is 2. The number of esters is 1. The first-order valence-electron chi connectivity index (χ1n) is 22.3. The van der Waals surface area contributed by atoms with Gasteiger partial charge in [0.1, 0.15) is 29.7 Å². The maximum absolute atomic E-state index is 14.5. The lowest BCUT2D eigenvalue weighted by Crippen LogP contribution is -2.45. The molecule has 1 aliphatic carbocycles. The van der Waals surface area contributed by atoms with Gasteiger partial charge in [0.25, 0.3) is 0 Å². The number of ether oxygens (including phenoxy) is 4. The molecular formula is C48H75NO10. The van der Waals surface area contributed by atoms with E-state index in [4.69, 9.17) is 18.9 Å². The van der Waals surface area contributed by atoms with E-state index in [-0.39, 0.29) is 66.8 Å². The number of amides is 1. The molecule has 332 valence electrons. The van der Waals surface area contributed by atoms with Gasteiger partial charge in [0.05, 0.1) is 24.4 Å². The van der Waals surface area contributed by atoms with Crippen molar-refractivity contribution >= 4 is 29.7 Å². The van der Waals surface area contributed by atoms with Gasteiger partial charge in [-0.2, -0.15) is 0 Å². The van der Waals surface area contributed by atoms with Crippen molar-refractivity contribution in [1.29, 1.82) is 0 Å². The second-order valence-electron chi connectivity index (χ2n) is 17.6. The van der Waals surface area contributed by atoms with Crippen LogP contribution in [0, 0.1) is 29.6 Å². The van der Waals surface area contributed by atoms with Crippen LogP contribution in [-0.4, -0.2) is 92.2 Å². The second kappa shape index (κ2) is 26.9. The summed E-state index contributed by atoms with van der Waals surface area (Å²) in [7, 11) is 3.40. The van der Waals surface area contributed by atoms with Crippen LogP contribution in [0.25, 0.3) is 0 Å². The predicted molar refractivity (Wildman–Crippen MR) is 229 cm³/mol. The summed E-state index contributed by atoms with van der Waals surface area (Å²) in [6.07, 6.45) is 18.9. The topological polar surface area (TPSA) is 155 Å². The molecule has 3 aliphatic rings. The van der Waals surface area contributed by atoms with Gasteiger partial charge in [-0.25, -0.2) is 0 Å². The van der Waals surface area contributed by atoms with E-state index in [1.165, 1.54) is 0 Å². The molecule has 0 spiro atoms. The predicted octanol–water partition coefficient (Wildman–Crippen LogP) is 7.92. The average Bonchev–Trinajstić information content (AvgIpc) is 3.22. The second-order valence-corrected chi connectivity index (χ2v) is 17.6. The highest BCUT2D eigenvalue weighted by Gasteiger charge is 2.41. The summed E-state index contributed by atoms with van der Waals surface area (Å²) in [6, 6.07) is 0. The number of methoxy groups -OCH3 is 2. The molecule has 0 radical (unpaired) electrons. The zero-order valence-electron chi connectivity index (χ0n) is 37.0. The number of cyclic esters (lactones) is 1. The summed E-state index contributed by atoms with van der Waals surface area (Å²) in [4.78, 5) is 66.4. The number of carbonyl (C=O) groups excluding carboxylic acids is 5. The van der Waals surface area contributed by atoms with Crippen molar-refractivity contribution in [3.63, 3.8) is 0 Å². The Hall–Kier alpha value is -3.25. The highest BCUT2D eigenvalue weighted by molar-refractivity contribution is 6.01. The molecule has 2 N–H and O–H groups in total. The fourth-order valence-corrected chi connectivity index (χ4v) is 8.58. The lowest BCUT2D eigenvalue weighted by Gasteiger charge is -2.37. The fraction of sp³-hybridized carbons (Fsp3) is 0.729. The Morgan fingerprint density at radius 1 is 0.847 bits per heavy atom. The highest BCUT2D eigenvalue weighted by Crippen LogP contribution is 2.34. The Bertz CT molecular complexity index is 1460. The van der Waals surface area contributed by atoms with Crippen LogP contribution in [0.3, 0.4) is 0 Å². The van der Waals surface area contributed by atoms with Gasteiger partial charge in [-0.1, -0.05) is 63.6 Å². The molecule has 1 saturated carbocycles. The number of aliphatic hydroxyl groups is 1. The molecule has 2 fully saturated rings. The number of allylic oxidation sites excluding steroid dienone is 6. The van der Waals surface area contributed by atoms with Gasteiger partial charge in [0, 0.05) is 52.4 Å². The molecule has 1 amide bonds. The maximum Gasteiger partial charge on any atom is 0.316 e. The minimum absolute atomic E-state index is 0.0271. The SMILES string of the molecule is COC1CCC(CCC2CC(=O)C(C)/C=C(\C)C(O)CC(=O)CCC(C)/C=C/C=C/C=C(\C)C(OC)CC3CC[C@@H](C)C(O3)C(=O)C(CCCCNC=O)C(=O)O2)CC1. The minimum atomic E-state index is -1.09. The van der Waals surface area contributed by atoms with Crippen LogP contribution in [0.1, 0.15) is 137 Å². The lowest BCUT2D eigenvalue weighted by atomic mass is 9.83. The Balaban J connectivity index is 1.95. The number of ketones is 3. The smallest absolute Gasteiger partial charge is 0.316 e. The van der Waals surface area contributed by atoms with E-state index in [1.54, 1.807) is 34.1 Å². The summed E-state index contributed by atoms with van der Waals surface area (Å²) in [6.45, 7) is 9.95. The van der Waals surface area contributed by atoms with Crippen LogP contribution in [0.2, 0.25) is 0 Å². The van der Waals surface area contributed by atoms with Gasteiger partial charge >= 0.3 is 5.97 Å². The van der Waals surface area contributed by atoms with E-state index in [0.29, 0.717) is 63.0 Å². The molecule has 2 heterocycles. The molecule has 1 saturated heterocycles. The molecule has 3 rings (SSSR count). The van der Waals surface area contributed by atoms with Crippen LogP contribution < -0.4 is 5.32 Å². The standard InChI is InChI=1S/C48H75NO10/c1-32-13-9-8-10-14-33(2)45(57-7)30-41-22-17-34(3)47(58-41)46(54)42(15-11-12-26-49-31-50)48(55)59-40(25-20-37-18-23-39(56-6)24-19-37)29-44(53)36(5)27-35(4)43(52)28-38(51)21-16-32/h8-10,13-14,27,31-32,34,36-37,39-43,45,47,52H,11-12,15-26,28-30H2,1-7H3,(H,49,50)/b10-8+,13-9+,33-14+,35-27+/t32?,34-,36?,37?,39?,40?,41?,42?,43?,45?,47?/m1/s1. The summed E-state index contributed by atoms with van der Waals surface area (Å²) in [5.41, 5.74) is 1.56. The zero-order valence-corrected chi connectivity index (χ0v) is 37.0. The largest absolute Gasteiger partial charge is 0.461 e. The quantitative estimate of drug-likeness (QED) is 0.0691. The molecule has 11 heteroatoms. The number of carbonyl (C=O) groups is 5. The van der Waals surface area contributed by atoms with Crippen molar-refractivity contribution in [3.8, 4) is 0 Å². The third-order valence-electron chi connectivity index (χ3n) is 12.7. The van der Waals surface area contributed by atoms with Crippen molar-refractivity contribution in [2.75, 3.05) is 20.8 Å². The molecule has 11 nitrogen and oxygen atoms in total. The van der Waals surface area contributed by atoms with Crippen molar-refractivity contribution < 1.29 is 48.0 Å². The Morgan fingerprint density at radius 2 is 1.59 bits per heavy atom. The molecule has 8 unspecified atom stereocenters. The Morgan fingerprint density at radius 3 is 2.29 bits per heavy atom. The molecule has 0 aromatic carbocycles. The van der Waals surface area contributed by atoms with Gasteiger partial charge in [0.15, 0.2) is 5.78 Å². The Kier molecular flexibility index (Phi) is 22.8. The van der Waals surface area contributed by atoms with Crippen LogP contribution in [0.5, 0.6) is 0 Å². The fourth-order valence-electron chi connectivity index (χ4n) is 8.58. The van der Waals surface area contributed by atoms with E-state index in [2.05, 4.69) is 18.3 Å². The first-order valence-corrected chi connectivity index (χ1v) is 22.3. The first kappa shape index (κ1) is 50.1. The van der Waals surface area contributed by atoms with Gasteiger partial charge in [-0.15, -0.1) is 0 Å². The van der Waals surface area contributed by atoms with E-state index in [1.807, 2.05) is 38.2 Å². The number of fused-ring (bicyclic) bond motifs is 2. The normalized spacial score (nSPS) is 35.9. The summed E-state index contributed by atoms with van der Waals surface area (Å²) in [5, 5.41) is 13.6. The molecule has 0 aromatic heterocycles. The van der Waals surface area contributed by atoms with Crippen molar-refractivity contribution in [2.24, 2.45) is 29.6 Å². The van der Waals surface area contributed by atoms with Crippen LogP contribution in [0.4, 0.5) is 0 Å². The lowest BCUT2D eigenvalue weighted by molar-refractivity contribution is -0.167. The molecular weight excluding hydrogens is 751 g/mol. The van der Waals surface area contributed by atoms with E-state index in [9.17, 15) is 29.1 Å². The average molecular weight is 826 g/mol. The number of aliphatic hydroxyl groups excluding tert-OH is 1. The highest BCUT2D eigenvalue weighted by atomic mass is 16.5. The number of Topliss-reactive ketones (excluding diaryl/α,β-unsaturated/α-hetero) is 3. The van der Waals surface area contributed by atoms with Crippen LogP contribution >= 0.6 is 0 Å². The molecule has 2 aliphatic heterocycles. The van der Waals surface area contributed by atoms with Crippen molar-refractivity contribution in [1.82, 2.24) is 5.32 Å². The van der Waals surface area contributed by atoms with E-state index in [0.717, 1.165) is 50.5 Å². The van der Waals surface area contributed by atoms with Gasteiger partial charge in [-0.3, -0.25) is 24.0 Å². The minimum Gasteiger partial charge on any atom is -0.461 e. The summed E-state index contributed by atoms with van der Waals surface area (Å²) >= 11 is 0. The van der Waals surface area contributed by atoms with Gasteiger partial charge < -0.3 is 29.4 Å². The number of rotatable bonds is 11. The van der Waals surface area contributed by atoms with Gasteiger partial charge in [0.2, 0.25) is 6.41 Å². The Labute approximate surface area is 354 Å². The third kappa shape index (κ3) is 17.7. The van der Waals surface area contributed by atoms with Crippen LogP contribution in [-0.2, 0) is 42.9 Å². The van der Waals surface area contributed by atoms with Crippen LogP contribution in [0.15, 0.2) is 47.6 Å². The number of unbranched alkanes of at least 4 members (excludes halogenated alkanes) is 1. The van der Waals surface area contributed by atoms with Crippen molar-refractivity contribution in [2.45, 2.75) is 174 Å². The van der Waals surface area contributed by atoms with Crippen molar-refractivity contribution in [3.05, 3.63) is 47.6 Å². The summed E-state index contributed by atoms with van der Waals surface area (Å²) in [5.74, 6) is -2.38. The third-order valence-corrected chi connectivity index (χ3v) is 12.7. The van der Waals surface area contributed by atoms with Gasteiger partial charge in [-0.05, 0) is 113 Å². The maximum atomic E-state index is 14.5. The molecule has 2 bridgehead atoms. The number of hydrogen-bond acceptors (Lipinski definition) is 10. The molecule has 9 atom stereocenters. The monoisotopic (exact) mass is 826 g/mol. The van der Waals surface area contributed by atoms with E-state index >= 15 is 0 Å². The number of nitrogens with one attached hydrogen (secondary N) is 1. The molecule has 59 heavy (non-hydrogen) atoms. The summed E-state index contributed by atoms with van der Waals surface area (Å²) < 4.78 is 24.3. The first-order chi connectivity index (χ1) is 28.3. The zero-order chi connectivity index (χ0) is 43.3.